The van der Waals surface area contributed by atoms with Crippen LogP contribution in [0.4, 0.5) is 0 Å². The second-order valence-corrected chi connectivity index (χ2v) is 3.08. The number of imidazole rings is 1. The van der Waals surface area contributed by atoms with E-state index in [2.05, 4.69) is 9.97 Å². The maximum absolute atomic E-state index is 5.41. The fourth-order valence-corrected chi connectivity index (χ4v) is 1.23. The van der Waals surface area contributed by atoms with E-state index in [1.54, 1.807) is 7.11 Å². The summed E-state index contributed by atoms with van der Waals surface area (Å²) in [6.07, 6.45) is 1.89. The van der Waals surface area contributed by atoms with Gasteiger partial charge in [0.25, 0.3) is 0 Å². The van der Waals surface area contributed by atoms with Crippen molar-refractivity contribution in [2.45, 2.75) is 26.4 Å². The summed E-state index contributed by atoms with van der Waals surface area (Å²) in [6, 6.07) is 0. The lowest BCUT2D eigenvalue weighted by atomic mass is 10.3. The molecule has 0 spiro atoms. The summed E-state index contributed by atoms with van der Waals surface area (Å²) in [4.78, 5) is 7.62. The first kappa shape index (κ1) is 10.2. The second-order valence-electron chi connectivity index (χ2n) is 3.08. The number of nitrogens with two attached hydrogens (primary N) is 1. The Hall–Kier alpha value is -0.870. The number of hydrogen-bond acceptors (Lipinski definition) is 3. The Labute approximate surface area is 78.5 Å². The normalized spacial score (nSPS) is 10.7. The highest BCUT2D eigenvalue weighted by Gasteiger charge is 2.04. The van der Waals surface area contributed by atoms with E-state index in [0.717, 1.165) is 30.1 Å². The van der Waals surface area contributed by atoms with Crippen molar-refractivity contribution >= 4 is 0 Å². The summed E-state index contributed by atoms with van der Waals surface area (Å²) in [5, 5.41) is 0. The van der Waals surface area contributed by atoms with Gasteiger partial charge in [0.2, 0.25) is 0 Å². The van der Waals surface area contributed by atoms with Crippen molar-refractivity contribution in [2.24, 2.45) is 5.73 Å². The lowest BCUT2D eigenvalue weighted by Gasteiger charge is -1.93. The van der Waals surface area contributed by atoms with E-state index < -0.39 is 0 Å². The first-order chi connectivity index (χ1) is 6.27. The summed E-state index contributed by atoms with van der Waals surface area (Å²) in [5.41, 5.74) is 7.50. The van der Waals surface area contributed by atoms with Crippen LogP contribution in [0.25, 0.3) is 0 Å². The number of aromatic nitrogens is 2. The average Bonchev–Trinajstić information content (AvgIpc) is 2.45. The van der Waals surface area contributed by atoms with Gasteiger partial charge < -0.3 is 15.5 Å². The Kier molecular flexibility index (Phi) is 3.92. The molecular formula is C9H17N3O. The quantitative estimate of drug-likeness (QED) is 0.708. The molecule has 0 bridgehead atoms. The van der Waals surface area contributed by atoms with Crippen molar-refractivity contribution in [3.05, 3.63) is 17.2 Å². The van der Waals surface area contributed by atoms with Crippen LogP contribution in [0.15, 0.2) is 0 Å². The molecule has 0 radical (unpaired) electrons. The summed E-state index contributed by atoms with van der Waals surface area (Å²) in [7, 11) is 1.67. The van der Waals surface area contributed by atoms with Crippen LogP contribution in [0.5, 0.6) is 0 Å². The Morgan fingerprint density at radius 2 is 2.31 bits per heavy atom. The van der Waals surface area contributed by atoms with Crippen molar-refractivity contribution in [3.63, 3.8) is 0 Å². The first-order valence-corrected chi connectivity index (χ1v) is 4.51. The van der Waals surface area contributed by atoms with Crippen LogP contribution in [-0.2, 0) is 17.8 Å². The summed E-state index contributed by atoms with van der Waals surface area (Å²) >= 11 is 0. The van der Waals surface area contributed by atoms with Gasteiger partial charge in [-0.05, 0) is 19.9 Å². The van der Waals surface area contributed by atoms with Crippen molar-refractivity contribution in [1.29, 1.82) is 0 Å². The topological polar surface area (TPSA) is 63.9 Å². The smallest absolute Gasteiger partial charge is 0.106 e. The lowest BCUT2D eigenvalue weighted by molar-refractivity contribution is 0.181. The number of aromatic amines is 1. The summed E-state index contributed by atoms with van der Waals surface area (Å²) in [5.74, 6) is 1.01. The van der Waals surface area contributed by atoms with Crippen molar-refractivity contribution in [3.8, 4) is 0 Å². The minimum atomic E-state index is 0.574. The van der Waals surface area contributed by atoms with E-state index in [0.29, 0.717) is 13.2 Å². The highest BCUT2D eigenvalue weighted by atomic mass is 16.5. The minimum Gasteiger partial charge on any atom is -0.378 e. The van der Waals surface area contributed by atoms with E-state index in [4.69, 9.17) is 10.5 Å². The Morgan fingerprint density at radius 1 is 1.54 bits per heavy atom. The lowest BCUT2D eigenvalue weighted by Crippen LogP contribution is -2.01. The Bertz CT molecular complexity index is 257. The van der Waals surface area contributed by atoms with Gasteiger partial charge in [0.15, 0.2) is 0 Å². The number of aryl methyl sites for hydroxylation is 2. The van der Waals surface area contributed by atoms with E-state index in [1.807, 2.05) is 6.92 Å². The molecule has 1 rings (SSSR count). The molecule has 1 aromatic heterocycles. The predicted octanol–water partition coefficient (Wildman–Crippen LogP) is 0.756. The van der Waals surface area contributed by atoms with Gasteiger partial charge in [-0.2, -0.15) is 0 Å². The molecule has 0 aromatic carbocycles. The van der Waals surface area contributed by atoms with Crippen LogP contribution in [0.1, 0.15) is 23.6 Å². The molecule has 0 aliphatic rings. The molecule has 0 atom stereocenters. The number of rotatable bonds is 5. The summed E-state index contributed by atoms with van der Waals surface area (Å²) < 4.78 is 5.02. The standard InChI is InChI=1S/C9H17N3O/c1-7-8(6-13-2)12-9(11-7)4-3-5-10/h3-6,10H2,1-2H3,(H,11,12). The Morgan fingerprint density at radius 3 is 2.92 bits per heavy atom. The molecule has 0 fully saturated rings. The minimum absolute atomic E-state index is 0.574. The molecule has 0 saturated carbocycles. The maximum atomic E-state index is 5.41. The molecule has 0 saturated heterocycles. The third-order valence-electron chi connectivity index (χ3n) is 1.93. The highest BCUT2D eigenvalue weighted by Crippen LogP contribution is 2.07. The third kappa shape index (κ3) is 2.82. The fourth-order valence-electron chi connectivity index (χ4n) is 1.23. The van der Waals surface area contributed by atoms with Crippen LogP contribution >= 0.6 is 0 Å². The van der Waals surface area contributed by atoms with Gasteiger partial charge in [0.05, 0.1) is 12.3 Å². The van der Waals surface area contributed by atoms with Gasteiger partial charge in [0.1, 0.15) is 5.82 Å². The van der Waals surface area contributed by atoms with Crippen LogP contribution in [0.2, 0.25) is 0 Å². The molecule has 0 unspecified atom stereocenters. The fraction of sp³-hybridized carbons (Fsp3) is 0.667. The van der Waals surface area contributed by atoms with Crippen molar-refractivity contribution in [2.75, 3.05) is 13.7 Å². The zero-order valence-corrected chi connectivity index (χ0v) is 8.26. The number of nitrogens with zero attached hydrogens (tertiary/aromatic N) is 1. The Balaban J connectivity index is 2.59. The maximum Gasteiger partial charge on any atom is 0.106 e. The van der Waals surface area contributed by atoms with Gasteiger partial charge in [0, 0.05) is 19.2 Å². The molecule has 1 heterocycles. The third-order valence-corrected chi connectivity index (χ3v) is 1.93. The number of H-pyrrole nitrogens is 1. The molecular weight excluding hydrogens is 166 g/mol. The molecule has 0 aliphatic carbocycles. The molecule has 3 N–H and O–H groups in total. The average molecular weight is 183 g/mol. The molecule has 74 valence electrons. The van der Waals surface area contributed by atoms with Crippen molar-refractivity contribution < 1.29 is 4.74 Å². The van der Waals surface area contributed by atoms with E-state index in [1.165, 1.54) is 0 Å². The van der Waals surface area contributed by atoms with Crippen LogP contribution in [0.3, 0.4) is 0 Å². The number of ether oxygens (including phenoxy) is 1. The van der Waals surface area contributed by atoms with Crippen LogP contribution in [-0.4, -0.2) is 23.6 Å². The molecule has 13 heavy (non-hydrogen) atoms. The molecule has 4 heteroatoms. The highest BCUT2D eigenvalue weighted by molar-refractivity contribution is 5.12. The summed E-state index contributed by atoms with van der Waals surface area (Å²) in [6.45, 7) is 3.29. The number of methoxy groups -OCH3 is 1. The SMILES string of the molecule is COCc1nc(CCCN)[nH]c1C. The van der Waals surface area contributed by atoms with Gasteiger partial charge in [-0.25, -0.2) is 4.98 Å². The van der Waals surface area contributed by atoms with Crippen LogP contribution < -0.4 is 5.73 Å². The first-order valence-electron chi connectivity index (χ1n) is 4.51. The predicted molar refractivity (Wildman–Crippen MR) is 51.4 cm³/mol. The molecule has 0 aliphatic heterocycles. The van der Waals surface area contributed by atoms with E-state index >= 15 is 0 Å². The monoisotopic (exact) mass is 183 g/mol. The zero-order valence-electron chi connectivity index (χ0n) is 8.26. The molecule has 0 amide bonds. The van der Waals surface area contributed by atoms with E-state index in [-0.39, 0.29) is 0 Å². The van der Waals surface area contributed by atoms with E-state index in [9.17, 15) is 0 Å². The molecule has 4 nitrogen and oxygen atoms in total. The van der Waals surface area contributed by atoms with Gasteiger partial charge >= 0.3 is 0 Å². The second kappa shape index (κ2) is 4.99. The van der Waals surface area contributed by atoms with Crippen molar-refractivity contribution in [1.82, 2.24) is 9.97 Å². The largest absolute Gasteiger partial charge is 0.378 e. The van der Waals surface area contributed by atoms with Crippen LogP contribution in [0, 0.1) is 6.92 Å². The number of hydrogen-bond donors (Lipinski definition) is 2. The van der Waals surface area contributed by atoms with Gasteiger partial charge in [-0.3, -0.25) is 0 Å². The number of nitrogens with one attached hydrogen (secondary N) is 1. The van der Waals surface area contributed by atoms with Gasteiger partial charge in [-0.15, -0.1) is 0 Å². The zero-order chi connectivity index (χ0) is 9.68. The van der Waals surface area contributed by atoms with Gasteiger partial charge in [-0.1, -0.05) is 0 Å². The molecule has 1 aromatic rings.